The molecule has 8 nitrogen and oxygen atoms in total. The first-order chi connectivity index (χ1) is 17.6. The Morgan fingerprint density at radius 2 is 1.62 bits per heavy atom. The number of benzene rings is 2. The quantitative estimate of drug-likeness (QED) is 0.413. The molecule has 4 rings (SSSR count). The molecule has 0 saturated heterocycles. The van der Waals surface area contributed by atoms with Gasteiger partial charge in [0.2, 0.25) is 16.0 Å². The van der Waals surface area contributed by atoms with Crippen LogP contribution in [0.1, 0.15) is 42.4 Å². The fraction of sp³-hybridized carbons (Fsp3) is 0.500. The van der Waals surface area contributed by atoms with Crippen LogP contribution >= 0.6 is 0 Å². The van der Waals surface area contributed by atoms with Crippen molar-refractivity contribution in [3.63, 3.8) is 0 Å². The Morgan fingerprint density at radius 1 is 0.973 bits per heavy atom. The molecule has 3 aromatic rings. The van der Waals surface area contributed by atoms with E-state index in [0.29, 0.717) is 40.5 Å². The number of fused-ring (bicyclic) bond motifs is 1. The molecule has 1 aromatic heterocycles. The topological polar surface area (TPSA) is 96.5 Å². The lowest BCUT2D eigenvalue weighted by molar-refractivity contribution is 0.284. The van der Waals surface area contributed by atoms with Gasteiger partial charge in [0.1, 0.15) is 11.6 Å². The van der Waals surface area contributed by atoms with Gasteiger partial charge in [-0.2, -0.15) is 4.98 Å². The average molecular weight is 526 g/mol. The number of hydrogen-bond acceptors (Lipinski definition) is 7. The van der Waals surface area contributed by atoms with Gasteiger partial charge in [0.15, 0.2) is 0 Å². The molecule has 0 aliphatic heterocycles. The molecule has 1 aliphatic carbocycles. The highest BCUT2D eigenvalue weighted by Crippen LogP contribution is 2.32. The van der Waals surface area contributed by atoms with Crippen molar-refractivity contribution in [3.05, 3.63) is 47.0 Å². The Bertz CT molecular complexity index is 1370. The van der Waals surface area contributed by atoms with Crippen LogP contribution in [0.3, 0.4) is 0 Å². The molecule has 0 unspecified atom stereocenters. The zero-order chi connectivity index (χ0) is 26.7. The van der Waals surface area contributed by atoms with Crippen LogP contribution in [-0.2, 0) is 10.0 Å². The predicted octanol–water partition coefficient (Wildman–Crippen LogP) is 4.83. The van der Waals surface area contributed by atoms with Gasteiger partial charge in [-0.05, 0) is 93.2 Å². The van der Waals surface area contributed by atoms with E-state index < -0.39 is 10.0 Å². The zero-order valence-electron chi connectivity index (χ0n) is 22.8. The minimum absolute atomic E-state index is 0.336. The van der Waals surface area contributed by atoms with E-state index in [2.05, 4.69) is 10.0 Å². The van der Waals surface area contributed by atoms with Crippen molar-refractivity contribution in [1.29, 1.82) is 0 Å². The van der Waals surface area contributed by atoms with Crippen LogP contribution in [0.5, 0.6) is 5.75 Å². The van der Waals surface area contributed by atoms with Crippen molar-refractivity contribution < 1.29 is 13.2 Å². The van der Waals surface area contributed by atoms with Gasteiger partial charge < -0.3 is 15.0 Å². The summed E-state index contributed by atoms with van der Waals surface area (Å²) in [6.45, 7) is 6.84. The van der Waals surface area contributed by atoms with E-state index in [1.807, 2.05) is 64.0 Å². The largest absolute Gasteiger partial charge is 0.496 e. The monoisotopic (exact) mass is 525 g/mol. The number of hydrogen-bond donors (Lipinski definition) is 2. The average Bonchev–Trinajstić information content (AvgIpc) is 2.88. The first-order valence-electron chi connectivity index (χ1n) is 12.9. The third-order valence-corrected chi connectivity index (χ3v) is 9.26. The number of nitrogens with zero attached hydrogens (tertiary/aromatic N) is 3. The standard InChI is InChI=1S/C28H39N5O3S/c1-18-15-25(36-6)19(2)20(3)26(18)37(34,35)30-17-22-13-11-21(12-14-22)16-29-28-31-24-10-8-7-9-23(24)27(32-28)33(4)5/h7-10,15,21-22,30H,11-14,16-17H2,1-6H3,(H,29,31,32). The van der Waals surface area contributed by atoms with Crippen LogP contribution in [0, 0.1) is 32.6 Å². The van der Waals surface area contributed by atoms with Gasteiger partial charge >= 0.3 is 0 Å². The summed E-state index contributed by atoms with van der Waals surface area (Å²) in [5.74, 6) is 3.12. The highest BCUT2D eigenvalue weighted by molar-refractivity contribution is 7.89. The Morgan fingerprint density at radius 3 is 2.27 bits per heavy atom. The minimum atomic E-state index is -3.60. The number of methoxy groups -OCH3 is 1. The maximum atomic E-state index is 13.2. The molecule has 1 aliphatic rings. The van der Waals surface area contributed by atoms with E-state index in [4.69, 9.17) is 14.7 Å². The second-order valence-corrected chi connectivity index (χ2v) is 12.1. The lowest BCUT2D eigenvalue weighted by Crippen LogP contribution is -2.33. The van der Waals surface area contributed by atoms with Gasteiger partial charge in [-0.15, -0.1) is 0 Å². The molecule has 1 saturated carbocycles. The second kappa shape index (κ2) is 11.2. The molecular formula is C28H39N5O3S. The normalized spacial score (nSPS) is 18.1. The molecule has 1 fully saturated rings. The molecule has 37 heavy (non-hydrogen) atoms. The van der Waals surface area contributed by atoms with E-state index in [0.717, 1.165) is 60.1 Å². The molecule has 2 aromatic carbocycles. The number of rotatable bonds is 9. The fourth-order valence-corrected chi connectivity index (χ4v) is 6.94. The van der Waals surface area contributed by atoms with Crippen LogP contribution < -0.4 is 19.7 Å². The van der Waals surface area contributed by atoms with E-state index >= 15 is 0 Å². The molecule has 1 heterocycles. The Kier molecular flexibility index (Phi) is 8.23. The number of nitrogens with one attached hydrogen (secondary N) is 2. The summed E-state index contributed by atoms with van der Waals surface area (Å²) in [6, 6.07) is 9.85. The predicted molar refractivity (Wildman–Crippen MR) is 150 cm³/mol. The van der Waals surface area contributed by atoms with Crippen molar-refractivity contribution in [3.8, 4) is 5.75 Å². The van der Waals surface area contributed by atoms with Gasteiger partial charge in [-0.3, -0.25) is 0 Å². The van der Waals surface area contributed by atoms with E-state index in [9.17, 15) is 8.42 Å². The van der Waals surface area contributed by atoms with Crippen molar-refractivity contribution in [2.75, 3.05) is 44.5 Å². The van der Waals surface area contributed by atoms with Crippen LogP contribution in [0.4, 0.5) is 11.8 Å². The summed E-state index contributed by atoms with van der Waals surface area (Å²) < 4.78 is 34.6. The van der Waals surface area contributed by atoms with Crippen LogP contribution in [-0.4, -0.2) is 52.7 Å². The second-order valence-electron chi connectivity index (χ2n) is 10.4. The summed E-state index contributed by atoms with van der Waals surface area (Å²) in [5, 5.41) is 4.49. The number of anilines is 2. The first kappa shape index (κ1) is 27.1. The van der Waals surface area contributed by atoms with E-state index in [1.54, 1.807) is 13.2 Å². The van der Waals surface area contributed by atoms with Crippen LogP contribution in [0.2, 0.25) is 0 Å². The van der Waals surface area contributed by atoms with Crippen molar-refractivity contribution in [2.45, 2.75) is 51.3 Å². The van der Waals surface area contributed by atoms with E-state index in [-0.39, 0.29) is 0 Å². The molecule has 0 bridgehead atoms. The maximum absolute atomic E-state index is 13.2. The molecule has 9 heteroatoms. The smallest absolute Gasteiger partial charge is 0.241 e. The van der Waals surface area contributed by atoms with Crippen molar-refractivity contribution >= 4 is 32.7 Å². The van der Waals surface area contributed by atoms with Gasteiger partial charge in [0.25, 0.3) is 0 Å². The third-order valence-electron chi connectivity index (χ3n) is 7.55. The van der Waals surface area contributed by atoms with Gasteiger partial charge in [-0.1, -0.05) is 12.1 Å². The first-order valence-corrected chi connectivity index (χ1v) is 14.4. The molecule has 0 atom stereocenters. The van der Waals surface area contributed by atoms with Crippen molar-refractivity contribution in [2.24, 2.45) is 11.8 Å². The minimum Gasteiger partial charge on any atom is -0.496 e. The zero-order valence-corrected chi connectivity index (χ0v) is 23.6. The van der Waals surface area contributed by atoms with Crippen LogP contribution in [0.25, 0.3) is 10.9 Å². The molecule has 0 amide bonds. The molecule has 0 spiro atoms. The summed E-state index contributed by atoms with van der Waals surface area (Å²) >= 11 is 0. The number of para-hydroxylation sites is 1. The Balaban J connectivity index is 1.32. The summed E-state index contributed by atoms with van der Waals surface area (Å²) in [7, 11) is 2.00. The highest BCUT2D eigenvalue weighted by atomic mass is 32.2. The lowest BCUT2D eigenvalue weighted by atomic mass is 9.82. The summed E-state index contributed by atoms with van der Waals surface area (Å²) in [4.78, 5) is 11.8. The lowest BCUT2D eigenvalue weighted by Gasteiger charge is -2.29. The van der Waals surface area contributed by atoms with Gasteiger partial charge in [0, 0.05) is 32.6 Å². The number of ether oxygens (including phenoxy) is 1. The SMILES string of the molecule is COc1cc(C)c(S(=O)(=O)NCC2CCC(CNc3nc(N(C)C)c4ccccc4n3)CC2)c(C)c1C. The Hall–Kier alpha value is -2.91. The molecule has 2 N–H and O–H groups in total. The summed E-state index contributed by atoms with van der Waals surface area (Å²) in [6.07, 6.45) is 4.09. The molecule has 200 valence electrons. The third kappa shape index (κ3) is 5.99. The summed E-state index contributed by atoms with van der Waals surface area (Å²) in [5.41, 5.74) is 3.23. The van der Waals surface area contributed by atoms with E-state index in [1.165, 1.54) is 0 Å². The van der Waals surface area contributed by atoms with Crippen molar-refractivity contribution in [1.82, 2.24) is 14.7 Å². The number of aromatic nitrogens is 2. The van der Waals surface area contributed by atoms with Gasteiger partial charge in [-0.25, -0.2) is 18.1 Å². The number of aryl methyl sites for hydroxylation is 1. The van der Waals surface area contributed by atoms with Gasteiger partial charge in [0.05, 0.1) is 17.5 Å². The number of sulfonamides is 1. The van der Waals surface area contributed by atoms with Crippen LogP contribution in [0.15, 0.2) is 35.2 Å². The maximum Gasteiger partial charge on any atom is 0.241 e. The fourth-order valence-electron chi connectivity index (χ4n) is 5.30. The Labute approximate surface area is 220 Å². The molecular weight excluding hydrogens is 486 g/mol. The highest BCUT2D eigenvalue weighted by Gasteiger charge is 2.26. The molecule has 0 radical (unpaired) electrons.